The zero-order valence-electron chi connectivity index (χ0n) is 19.8. The van der Waals surface area contributed by atoms with Gasteiger partial charge in [-0.15, -0.1) is 0 Å². The van der Waals surface area contributed by atoms with Crippen LogP contribution >= 0.6 is 11.6 Å². The first kappa shape index (κ1) is 23.0. The van der Waals surface area contributed by atoms with Crippen LogP contribution in [-0.4, -0.2) is 46.6 Å². The van der Waals surface area contributed by atoms with Crippen molar-refractivity contribution in [3.05, 3.63) is 95.6 Å². The van der Waals surface area contributed by atoms with Gasteiger partial charge in [-0.2, -0.15) is 0 Å². The van der Waals surface area contributed by atoms with E-state index in [1.807, 2.05) is 60.8 Å². The summed E-state index contributed by atoms with van der Waals surface area (Å²) in [6, 6.07) is 24.2. The van der Waals surface area contributed by atoms with E-state index in [2.05, 4.69) is 52.1 Å². The van der Waals surface area contributed by atoms with Gasteiger partial charge in [0.05, 0.1) is 45.4 Å². The van der Waals surface area contributed by atoms with Gasteiger partial charge >= 0.3 is 0 Å². The lowest BCUT2D eigenvalue weighted by molar-refractivity contribution is 0.402. The van der Waals surface area contributed by atoms with Crippen molar-refractivity contribution in [2.75, 3.05) is 32.5 Å². The maximum absolute atomic E-state index is 6.20. The van der Waals surface area contributed by atoms with Crippen LogP contribution in [0.1, 0.15) is 6.42 Å². The van der Waals surface area contributed by atoms with Crippen molar-refractivity contribution in [2.45, 2.75) is 6.42 Å². The van der Waals surface area contributed by atoms with Crippen LogP contribution in [0.4, 0.5) is 11.4 Å². The summed E-state index contributed by atoms with van der Waals surface area (Å²) in [6.07, 6.45) is 4.55. The fourth-order valence-electron chi connectivity index (χ4n) is 4.12. The number of nitrogens with zero attached hydrogens (tertiary/aromatic N) is 5. The van der Waals surface area contributed by atoms with Crippen LogP contribution < -0.4 is 10.7 Å². The van der Waals surface area contributed by atoms with Crippen molar-refractivity contribution >= 4 is 34.0 Å². The molecule has 2 aromatic carbocycles. The molecule has 0 spiro atoms. The molecule has 6 nitrogen and oxygen atoms in total. The summed E-state index contributed by atoms with van der Waals surface area (Å²) in [4.78, 5) is 16.4. The Morgan fingerprint density at radius 3 is 2.60 bits per heavy atom. The van der Waals surface area contributed by atoms with Gasteiger partial charge in [-0.05, 0) is 87.7 Å². The minimum absolute atomic E-state index is 0.705. The predicted molar refractivity (Wildman–Crippen MR) is 144 cm³/mol. The van der Waals surface area contributed by atoms with Crippen molar-refractivity contribution in [1.82, 2.24) is 19.4 Å². The molecule has 0 bridgehead atoms. The summed E-state index contributed by atoms with van der Waals surface area (Å²) in [7, 11) is 4.16. The zero-order chi connectivity index (χ0) is 24.2. The topological polar surface area (TPSA) is 58.3 Å². The van der Waals surface area contributed by atoms with Crippen molar-refractivity contribution < 1.29 is 0 Å². The van der Waals surface area contributed by atoms with Crippen LogP contribution in [0.15, 0.2) is 90.2 Å². The Hall–Kier alpha value is -3.74. The number of aromatic nitrogens is 3. The molecule has 0 fully saturated rings. The van der Waals surface area contributed by atoms with Crippen LogP contribution in [0, 0.1) is 0 Å². The minimum atomic E-state index is 0.705. The summed E-state index contributed by atoms with van der Waals surface area (Å²) in [5.41, 5.74) is 6.62. The van der Waals surface area contributed by atoms with Crippen LogP contribution in [0.3, 0.4) is 0 Å². The Labute approximate surface area is 209 Å². The molecule has 1 aromatic heterocycles. The van der Waals surface area contributed by atoms with Crippen LogP contribution in [0.5, 0.6) is 0 Å². The molecule has 7 heteroatoms. The van der Waals surface area contributed by atoms with E-state index in [0.717, 1.165) is 64.4 Å². The molecule has 0 radical (unpaired) electrons. The number of pyridine rings is 1. The molecule has 1 aliphatic heterocycles. The zero-order valence-corrected chi connectivity index (χ0v) is 20.6. The molecular formula is C28H27ClN6. The summed E-state index contributed by atoms with van der Waals surface area (Å²) in [6.45, 7) is 1.72. The standard InChI is InChI=1S/C28H27ClN6/c1-34(2)16-6-15-31-24-18-28-26(17-25(24)32-21-7-5-14-30-19-21)33-23-8-3-4-9-27(23)35(28)22-12-10-20(29)11-13-22/h3-5,7-14,17-19,32H,6,15-16H2,1-2H3. The van der Waals surface area contributed by atoms with Crippen molar-refractivity contribution in [3.8, 4) is 17.1 Å². The third-order valence-corrected chi connectivity index (χ3v) is 6.02. The third kappa shape index (κ3) is 5.19. The normalized spacial score (nSPS) is 12.1. The van der Waals surface area contributed by atoms with Gasteiger partial charge < -0.3 is 14.8 Å². The molecule has 0 saturated heterocycles. The highest BCUT2D eigenvalue weighted by molar-refractivity contribution is 6.30. The molecule has 35 heavy (non-hydrogen) atoms. The molecule has 0 amide bonds. The molecule has 2 aliphatic rings. The number of benzene rings is 3. The van der Waals surface area contributed by atoms with E-state index in [0.29, 0.717) is 5.02 Å². The molecule has 5 rings (SSSR count). The molecule has 0 saturated carbocycles. The van der Waals surface area contributed by atoms with Crippen LogP contribution in [-0.2, 0) is 0 Å². The van der Waals surface area contributed by atoms with E-state index in [-0.39, 0.29) is 0 Å². The average molecular weight is 483 g/mol. The molecule has 176 valence electrons. The molecular weight excluding hydrogens is 456 g/mol. The van der Waals surface area contributed by atoms with Gasteiger partial charge in [-0.1, -0.05) is 23.7 Å². The molecule has 1 aliphatic carbocycles. The molecule has 0 unspecified atom stereocenters. The first-order valence-electron chi connectivity index (χ1n) is 11.6. The SMILES string of the molecule is CN(C)CCCN=c1cc2n(-c3ccc(Cl)cc3)c3ccccc3nc-2cc1Nc1cccnc1. The van der Waals surface area contributed by atoms with Crippen LogP contribution in [0.2, 0.25) is 5.02 Å². The highest BCUT2D eigenvalue weighted by Gasteiger charge is 2.16. The summed E-state index contributed by atoms with van der Waals surface area (Å²) in [5.74, 6) is 0. The lowest BCUT2D eigenvalue weighted by atomic mass is 10.1. The van der Waals surface area contributed by atoms with Gasteiger partial charge in [0.2, 0.25) is 0 Å². The maximum Gasteiger partial charge on any atom is 0.0900 e. The number of anilines is 2. The quantitative estimate of drug-likeness (QED) is 0.236. The second-order valence-electron chi connectivity index (χ2n) is 8.68. The first-order valence-corrected chi connectivity index (χ1v) is 12.0. The number of halogens is 1. The molecule has 0 atom stereocenters. The molecule has 1 N–H and O–H groups in total. The van der Waals surface area contributed by atoms with E-state index in [4.69, 9.17) is 21.6 Å². The van der Waals surface area contributed by atoms with E-state index < -0.39 is 0 Å². The van der Waals surface area contributed by atoms with Crippen molar-refractivity contribution in [1.29, 1.82) is 0 Å². The number of hydrogen-bond donors (Lipinski definition) is 1. The van der Waals surface area contributed by atoms with E-state index in [9.17, 15) is 0 Å². The maximum atomic E-state index is 6.20. The molecule has 2 heterocycles. The van der Waals surface area contributed by atoms with E-state index in [1.165, 1.54) is 0 Å². The largest absolute Gasteiger partial charge is 0.352 e. The summed E-state index contributed by atoms with van der Waals surface area (Å²) < 4.78 is 2.22. The Bertz CT molecular complexity index is 1480. The number of para-hydroxylation sites is 2. The predicted octanol–water partition coefficient (Wildman–Crippen LogP) is 5.77. The smallest absolute Gasteiger partial charge is 0.0900 e. The van der Waals surface area contributed by atoms with Gasteiger partial charge in [0.25, 0.3) is 0 Å². The number of rotatable bonds is 7. The summed E-state index contributed by atoms with van der Waals surface area (Å²) >= 11 is 6.20. The second kappa shape index (κ2) is 10.3. The first-order chi connectivity index (χ1) is 17.1. The van der Waals surface area contributed by atoms with Gasteiger partial charge in [0.15, 0.2) is 0 Å². The van der Waals surface area contributed by atoms with E-state index in [1.54, 1.807) is 6.20 Å². The number of nitrogens with one attached hydrogen (secondary N) is 1. The van der Waals surface area contributed by atoms with Gasteiger partial charge in [-0.25, -0.2) is 4.98 Å². The minimum Gasteiger partial charge on any atom is -0.352 e. The Balaban J connectivity index is 1.73. The number of hydrogen-bond acceptors (Lipinski definition) is 5. The Morgan fingerprint density at radius 2 is 1.83 bits per heavy atom. The van der Waals surface area contributed by atoms with Crippen molar-refractivity contribution in [3.63, 3.8) is 0 Å². The lowest BCUT2D eigenvalue weighted by Gasteiger charge is -2.20. The molecule has 3 aromatic rings. The van der Waals surface area contributed by atoms with Gasteiger partial charge in [-0.3, -0.25) is 9.98 Å². The second-order valence-corrected chi connectivity index (χ2v) is 9.11. The van der Waals surface area contributed by atoms with Gasteiger partial charge in [0, 0.05) is 23.5 Å². The average Bonchev–Trinajstić information content (AvgIpc) is 2.86. The third-order valence-electron chi connectivity index (χ3n) is 5.77. The van der Waals surface area contributed by atoms with E-state index >= 15 is 0 Å². The lowest BCUT2D eigenvalue weighted by Crippen LogP contribution is -2.17. The Morgan fingerprint density at radius 1 is 1.00 bits per heavy atom. The highest BCUT2D eigenvalue weighted by Crippen LogP contribution is 2.30. The summed E-state index contributed by atoms with van der Waals surface area (Å²) in [5, 5.41) is 5.09. The van der Waals surface area contributed by atoms with Gasteiger partial charge in [0.1, 0.15) is 0 Å². The Kier molecular flexibility index (Phi) is 6.75. The van der Waals surface area contributed by atoms with Crippen molar-refractivity contribution in [2.24, 2.45) is 4.99 Å². The fourth-order valence-corrected chi connectivity index (χ4v) is 4.25. The van der Waals surface area contributed by atoms with Crippen LogP contribution in [0.25, 0.3) is 28.1 Å². The monoisotopic (exact) mass is 482 g/mol. The number of fused-ring (bicyclic) bond motifs is 2. The fraction of sp³-hybridized carbons (Fsp3) is 0.179. The highest BCUT2D eigenvalue weighted by atomic mass is 35.5.